The number of piperidine rings is 1. The topological polar surface area (TPSA) is 50.3 Å². The van der Waals surface area contributed by atoms with Crippen LogP contribution in [0.25, 0.3) is 0 Å². The standard InChI is InChI=1S/C19H24N4O/c1-2-9-21-17(5-1)13-23-10-4-7-19(15-23)11-18(14-24-19)22-16-6-3-8-20-12-16/h1-3,5-6,8-9,12,18,22H,4,7,10-11,13-15H2. The van der Waals surface area contributed by atoms with Crippen LogP contribution in [0.15, 0.2) is 48.9 Å². The van der Waals surface area contributed by atoms with Gasteiger partial charge in [0.2, 0.25) is 0 Å². The molecule has 4 rings (SSSR count). The van der Waals surface area contributed by atoms with Gasteiger partial charge in [0, 0.05) is 31.7 Å². The number of hydrogen-bond donors (Lipinski definition) is 1. The molecule has 2 fully saturated rings. The van der Waals surface area contributed by atoms with E-state index in [2.05, 4.69) is 38.4 Å². The Kier molecular flexibility index (Phi) is 4.45. The third kappa shape index (κ3) is 3.57. The summed E-state index contributed by atoms with van der Waals surface area (Å²) in [6.07, 6.45) is 8.94. The summed E-state index contributed by atoms with van der Waals surface area (Å²) in [6, 6.07) is 10.5. The molecule has 0 radical (unpaired) electrons. The van der Waals surface area contributed by atoms with Crippen molar-refractivity contribution >= 4 is 5.69 Å². The highest BCUT2D eigenvalue weighted by atomic mass is 16.5. The van der Waals surface area contributed by atoms with Crippen molar-refractivity contribution in [3.05, 3.63) is 54.6 Å². The maximum atomic E-state index is 6.29. The van der Waals surface area contributed by atoms with E-state index < -0.39 is 0 Å². The zero-order valence-electron chi connectivity index (χ0n) is 13.9. The van der Waals surface area contributed by atoms with Crippen LogP contribution in [0, 0.1) is 0 Å². The van der Waals surface area contributed by atoms with E-state index in [4.69, 9.17) is 4.74 Å². The first-order chi connectivity index (χ1) is 11.8. The highest BCUT2D eigenvalue weighted by Crippen LogP contribution is 2.36. The predicted molar refractivity (Wildman–Crippen MR) is 93.7 cm³/mol. The van der Waals surface area contributed by atoms with Crippen LogP contribution in [0.4, 0.5) is 5.69 Å². The van der Waals surface area contributed by atoms with E-state index in [1.807, 2.05) is 24.5 Å². The number of aromatic nitrogens is 2. The Morgan fingerprint density at radius 3 is 3.08 bits per heavy atom. The molecule has 0 aliphatic carbocycles. The molecule has 2 saturated heterocycles. The van der Waals surface area contributed by atoms with E-state index in [1.165, 1.54) is 6.42 Å². The highest BCUT2D eigenvalue weighted by Gasteiger charge is 2.43. The summed E-state index contributed by atoms with van der Waals surface area (Å²) in [5, 5.41) is 3.56. The third-order valence-electron chi connectivity index (χ3n) is 4.97. The summed E-state index contributed by atoms with van der Waals surface area (Å²) in [7, 11) is 0. The summed E-state index contributed by atoms with van der Waals surface area (Å²) in [5.74, 6) is 0. The molecule has 0 saturated carbocycles. The van der Waals surface area contributed by atoms with Gasteiger partial charge < -0.3 is 10.1 Å². The molecule has 5 nitrogen and oxygen atoms in total. The lowest BCUT2D eigenvalue weighted by atomic mass is 9.88. The molecule has 2 aromatic heterocycles. The van der Waals surface area contributed by atoms with Crippen molar-refractivity contribution < 1.29 is 4.74 Å². The highest BCUT2D eigenvalue weighted by molar-refractivity contribution is 5.41. The van der Waals surface area contributed by atoms with Crippen molar-refractivity contribution in [2.45, 2.75) is 37.5 Å². The first kappa shape index (κ1) is 15.5. The lowest BCUT2D eigenvalue weighted by molar-refractivity contribution is -0.0535. The minimum absolute atomic E-state index is 0.00704. The average Bonchev–Trinajstić information content (AvgIpc) is 2.98. The molecule has 0 aromatic carbocycles. The summed E-state index contributed by atoms with van der Waals surface area (Å²) >= 11 is 0. The number of rotatable bonds is 4. The first-order valence-corrected chi connectivity index (χ1v) is 8.74. The Bertz CT molecular complexity index is 651. The van der Waals surface area contributed by atoms with E-state index in [1.54, 1.807) is 6.20 Å². The Balaban J connectivity index is 1.37. The van der Waals surface area contributed by atoms with Gasteiger partial charge in [0.25, 0.3) is 0 Å². The summed E-state index contributed by atoms with van der Waals surface area (Å²) in [4.78, 5) is 11.1. The van der Waals surface area contributed by atoms with Gasteiger partial charge in [0.15, 0.2) is 0 Å². The normalized spacial score (nSPS) is 27.4. The van der Waals surface area contributed by atoms with Crippen LogP contribution in [0.3, 0.4) is 0 Å². The minimum atomic E-state index is -0.00704. The quantitative estimate of drug-likeness (QED) is 0.937. The van der Waals surface area contributed by atoms with Crippen molar-refractivity contribution in [3.63, 3.8) is 0 Å². The minimum Gasteiger partial charge on any atom is -0.379 e. The monoisotopic (exact) mass is 324 g/mol. The van der Waals surface area contributed by atoms with Gasteiger partial charge in [0.05, 0.1) is 29.6 Å². The Labute approximate surface area is 143 Å². The van der Waals surface area contributed by atoms with Crippen LogP contribution in [-0.4, -0.2) is 46.2 Å². The molecule has 1 spiro atoms. The van der Waals surface area contributed by atoms with Crippen molar-refractivity contribution in [2.24, 2.45) is 0 Å². The smallest absolute Gasteiger partial charge is 0.0830 e. The van der Waals surface area contributed by atoms with Gasteiger partial charge in [-0.1, -0.05) is 6.07 Å². The Morgan fingerprint density at radius 1 is 1.25 bits per heavy atom. The number of hydrogen-bond acceptors (Lipinski definition) is 5. The fourth-order valence-electron chi connectivity index (χ4n) is 3.95. The molecule has 5 heteroatoms. The molecule has 126 valence electrons. The van der Waals surface area contributed by atoms with E-state index in [-0.39, 0.29) is 5.60 Å². The van der Waals surface area contributed by atoms with Crippen LogP contribution in [0.1, 0.15) is 25.0 Å². The van der Waals surface area contributed by atoms with Crippen LogP contribution < -0.4 is 5.32 Å². The fourth-order valence-corrected chi connectivity index (χ4v) is 3.95. The van der Waals surface area contributed by atoms with Crippen LogP contribution >= 0.6 is 0 Å². The van der Waals surface area contributed by atoms with Gasteiger partial charge in [-0.3, -0.25) is 14.9 Å². The van der Waals surface area contributed by atoms with E-state index in [0.29, 0.717) is 6.04 Å². The lowest BCUT2D eigenvalue weighted by Crippen LogP contribution is -2.47. The van der Waals surface area contributed by atoms with Gasteiger partial charge in [-0.2, -0.15) is 0 Å². The van der Waals surface area contributed by atoms with E-state index in [9.17, 15) is 0 Å². The second-order valence-corrected chi connectivity index (χ2v) is 6.92. The molecule has 4 heterocycles. The van der Waals surface area contributed by atoms with Crippen LogP contribution in [0.2, 0.25) is 0 Å². The maximum Gasteiger partial charge on any atom is 0.0830 e. The molecule has 2 aromatic rings. The Morgan fingerprint density at radius 2 is 2.25 bits per heavy atom. The van der Waals surface area contributed by atoms with E-state index in [0.717, 1.165) is 50.5 Å². The number of nitrogens with zero attached hydrogens (tertiary/aromatic N) is 3. The molecule has 24 heavy (non-hydrogen) atoms. The van der Waals surface area contributed by atoms with Crippen LogP contribution in [0.5, 0.6) is 0 Å². The SMILES string of the molecule is c1ccc(CN2CCCC3(CC(Nc4cccnc4)CO3)C2)nc1. The number of ether oxygens (including phenoxy) is 1. The van der Waals surface area contributed by atoms with E-state index >= 15 is 0 Å². The molecular weight excluding hydrogens is 300 g/mol. The first-order valence-electron chi connectivity index (χ1n) is 8.74. The van der Waals surface area contributed by atoms with Gasteiger partial charge in [-0.05, 0) is 50.1 Å². The van der Waals surface area contributed by atoms with Crippen molar-refractivity contribution in [1.29, 1.82) is 0 Å². The zero-order valence-corrected chi connectivity index (χ0v) is 13.9. The molecule has 2 aliphatic rings. The molecule has 0 bridgehead atoms. The second-order valence-electron chi connectivity index (χ2n) is 6.92. The molecule has 0 amide bonds. The predicted octanol–water partition coefficient (Wildman–Crippen LogP) is 2.71. The van der Waals surface area contributed by atoms with Crippen molar-refractivity contribution in [2.75, 3.05) is 25.0 Å². The number of nitrogens with one attached hydrogen (secondary N) is 1. The lowest BCUT2D eigenvalue weighted by Gasteiger charge is -2.39. The summed E-state index contributed by atoms with van der Waals surface area (Å²) in [6.45, 7) is 3.80. The Hall–Kier alpha value is -1.98. The van der Waals surface area contributed by atoms with Gasteiger partial charge >= 0.3 is 0 Å². The maximum absolute atomic E-state index is 6.29. The largest absolute Gasteiger partial charge is 0.379 e. The third-order valence-corrected chi connectivity index (χ3v) is 4.97. The fraction of sp³-hybridized carbons (Fsp3) is 0.474. The van der Waals surface area contributed by atoms with Gasteiger partial charge in [-0.25, -0.2) is 0 Å². The molecular formula is C19H24N4O. The number of pyridine rings is 2. The average molecular weight is 324 g/mol. The number of anilines is 1. The van der Waals surface area contributed by atoms with Crippen molar-refractivity contribution in [3.8, 4) is 0 Å². The molecule has 2 unspecified atom stereocenters. The zero-order chi connectivity index (χ0) is 16.2. The van der Waals surface area contributed by atoms with Crippen molar-refractivity contribution in [1.82, 2.24) is 14.9 Å². The molecule has 2 atom stereocenters. The van der Waals surface area contributed by atoms with Gasteiger partial charge in [-0.15, -0.1) is 0 Å². The second kappa shape index (κ2) is 6.87. The molecule has 2 aliphatic heterocycles. The van der Waals surface area contributed by atoms with Gasteiger partial charge in [0.1, 0.15) is 0 Å². The summed E-state index contributed by atoms with van der Waals surface area (Å²) < 4.78 is 6.29. The summed E-state index contributed by atoms with van der Waals surface area (Å²) in [5.41, 5.74) is 2.20. The molecule has 1 N–H and O–H groups in total. The number of likely N-dealkylation sites (tertiary alicyclic amines) is 1. The van der Waals surface area contributed by atoms with Crippen LogP contribution in [-0.2, 0) is 11.3 Å².